The Morgan fingerprint density at radius 3 is 2.55 bits per heavy atom. The van der Waals surface area contributed by atoms with Gasteiger partial charge in [0.25, 0.3) is 5.91 Å². The number of nitrogens with one attached hydrogen (secondary N) is 1. The molecule has 13 heteroatoms. The molecule has 0 unspecified atom stereocenters. The number of halogens is 4. The van der Waals surface area contributed by atoms with Gasteiger partial charge in [-0.25, -0.2) is 4.98 Å². The van der Waals surface area contributed by atoms with E-state index in [1.54, 1.807) is 35.6 Å². The zero-order chi connectivity index (χ0) is 27.7. The molecule has 0 aliphatic carbocycles. The first kappa shape index (κ1) is 29.4. The van der Waals surface area contributed by atoms with Gasteiger partial charge in [-0.3, -0.25) is 13.3 Å². The monoisotopic (exact) mass is 571 g/mol. The van der Waals surface area contributed by atoms with E-state index in [9.17, 15) is 18.0 Å². The highest BCUT2D eigenvalue weighted by Gasteiger charge is 2.31. The molecule has 2 aromatic carbocycles. The highest BCUT2D eigenvalue weighted by molar-refractivity contribution is 7.96. The summed E-state index contributed by atoms with van der Waals surface area (Å²) in [7, 11) is 3.12. The van der Waals surface area contributed by atoms with Gasteiger partial charge in [-0.2, -0.15) is 0 Å². The zero-order valence-electron chi connectivity index (χ0n) is 20.4. The fourth-order valence-corrected chi connectivity index (χ4v) is 4.00. The summed E-state index contributed by atoms with van der Waals surface area (Å²) in [6.45, 7) is 0.0974. The lowest BCUT2D eigenvalue weighted by molar-refractivity contribution is -0.274. The van der Waals surface area contributed by atoms with Crippen molar-refractivity contribution in [3.63, 3.8) is 0 Å². The van der Waals surface area contributed by atoms with Crippen LogP contribution in [0.25, 0.3) is 0 Å². The maximum atomic E-state index is 13.4. The van der Waals surface area contributed by atoms with Gasteiger partial charge in [-0.15, -0.1) is 13.2 Å². The molecule has 0 saturated carbocycles. The van der Waals surface area contributed by atoms with Gasteiger partial charge < -0.3 is 19.9 Å². The number of carbonyl (C=O) groups excluding carboxylic acids is 1. The molecule has 3 rings (SSSR count). The summed E-state index contributed by atoms with van der Waals surface area (Å²) >= 11 is 6.98. The highest BCUT2D eigenvalue weighted by Crippen LogP contribution is 2.36. The van der Waals surface area contributed by atoms with Crippen molar-refractivity contribution in [2.75, 3.05) is 31.6 Å². The zero-order valence-corrected chi connectivity index (χ0v) is 22.0. The smallest absolute Gasteiger partial charge is 0.455 e. The third-order valence-corrected chi connectivity index (χ3v) is 5.82. The van der Waals surface area contributed by atoms with Crippen molar-refractivity contribution < 1.29 is 36.7 Å². The van der Waals surface area contributed by atoms with E-state index >= 15 is 0 Å². The van der Waals surface area contributed by atoms with Gasteiger partial charge in [-0.1, -0.05) is 29.8 Å². The number of ether oxygens (including phenoxy) is 2. The number of aliphatic hydroxyl groups excluding tert-OH is 1. The Bertz CT molecular complexity index is 1230. The Morgan fingerprint density at radius 1 is 1.18 bits per heavy atom. The average Bonchev–Trinajstić information content (AvgIpc) is 2.85. The number of nitrogens with zero attached hydrogens (tertiary/aromatic N) is 2. The molecule has 1 aromatic heterocycles. The molecule has 0 atom stereocenters. The molecule has 204 valence electrons. The largest absolute Gasteiger partial charge is 0.573 e. The summed E-state index contributed by atoms with van der Waals surface area (Å²) < 4.78 is 54.8. The third-order valence-electron chi connectivity index (χ3n) is 5.02. The van der Waals surface area contributed by atoms with E-state index in [1.165, 1.54) is 25.4 Å². The van der Waals surface area contributed by atoms with E-state index < -0.39 is 18.0 Å². The van der Waals surface area contributed by atoms with Crippen LogP contribution in [0.15, 0.2) is 54.7 Å². The van der Waals surface area contributed by atoms with Crippen LogP contribution in [0.4, 0.5) is 19.0 Å². The standard InChI is InChI=1S/C25H25ClF3N3O5S/c1-32(38-35-2)23-22(24(34)30-11-4-12-33)20(13-16-7-9-17(26)10-8-16)21(15-31-23)36-18-5-3-6-19(14-18)37-25(27,28)29/h3,5-10,14-15,33H,4,11-13H2,1-2H3,(H,30,34). The molecule has 0 fully saturated rings. The Morgan fingerprint density at radius 2 is 1.89 bits per heavy atom. The van der Waals surface area contributed by atoms with Crippen LogP contribution in [0.2, 0.25) is 5.02 Å². The quantitative estimate of drug-likeness (QED) is 0.161. The number of benzene rings is 2. The summed E-state index contributed by atoms with van der Waals surface area (Å²) in [5, 5.41) is 12.4. The van der Waals surface area contributed by atoms with Gasteiger partial charge in [0.05, 0.1) is 18.9 Å². The minimum atomic E-state index is -4.87. The first-order chi connectivity index (χ1) is 18.1. The summed E-state index contributed by atoms with van der Waals surface area (Å²) in [5.74, 6) is -0.477. The predicted molar refractivity (Wildman–Crippen MR) is 139 cm³/mol. The van der Waals surface area contributed by atoms with Crippen LogP contribution in [0.3, 0.4) is 0 Å². The number of hydrogen-bond donors (Lipinski definition) is 2. The third kappa shape index (κ3) is 8.42. The molecule has 0 spiro atoms. The number of hydrogen-bond acceptors (Lipinski definition) is 8. The Hall–Kier alpha value is -3.19. The van der Waals surface area contributed by atoms with Crippen molar-refractivity contribution in [1.82, 2.24) is 10.3 Å². The normalized spacial score (nSPS) is 11.2. The second-order valence-electron chi connectivity index (χ2n) is 7.80. The molecule has 3 aromatic rings. The van der Waals surface area contributed by atoms with Gasteiger partial charge in [0, 0.05) is 43.3 Å². The maximum absolute atomic E-state index is 13.4. The van der Waals surface area contributed by atoms with Crippen LogP contribution in [0, 0.1) is 0 Å². The van der Waals surface area contributed by atoms with E-state index in [1.807, 2.05) is 0 Å². The predicted octanol–water partition coefficient (Wildman–Crippen LogP) is 5.77. The molecule has 1 amide bonds. The lowest BCUT2D eigenvalue weighted by atomic mass is 9.99. The SMILES string of the molecule is COSN(C)c1ncc(Oc2cccc(OC(F)(F)F)c2)c(Cc2ccc(Cl)cc2)c1C(=O)NCCCO. The van der Waals surface area contributed by atoms with E-state index in [0.717, 1.165) is 29.9 Å². The summed E-state index contributed by atoms with van der Waals surface area (Å²) in [5.41, 5.74) is 1.38. The first-order valence-corrected chi connectivity index (χ1v) is 12.3. The van der Waals surface area contributed by atoms with E-state index in [2.05, 4.69) is 15.0 Å². The average molecular weight is 572 g/mol. The molecule has 0 aliphatic heterocycles. The van der Waals surface area contributed by atoms with Crippen molar-refractivity contribution in [2.45, 2.75) is 19.2 Å². The van der Waals surface area contributed by atoms with Crippen LogP contribution < -0.4 is 19.1 Å². The van der Waals surface area contributed by atoms with Crippen molar-refractivity contribution >= 4 is 35.6 Å². The lowest BCUT2D eigenvalue weighted by Gasteiger charge is -2.22. The van der Waals surface area contributed by atoms with Gasteiger partial charge in [0.1, 0.15) is 29.5 Å². The van der Waals surface area contributed by atoms with Crippen LogP contribution >= 0.6 is 23.8 Å². The fourth-order valence-electron chi connectivity index (χ4n) is 3.45. The van der Waals surface area contributed by atoms with Gasteiger partial charge in [-0.05, 0) is 36.2 Å². The van der Waals surface area contributed by atoms with Gasteiger partial charge in [0.15, 0.2) is 5.82 Å². The van der Waals surface area contributed by atoms with Crippen molar-refractivity contribution in [3.05, 3.63) is 76.4 Å². The molecule has 0 bridgehead atoms. The number of anilines is 1. The van der Waals surface area contributed by atoms with Crippen molar-refractivity contribution in [1.29, 1.82) is 0 Å². The number of rotatable bonds is 12. The summed E-state index contributed by atoms with van der Waals surface area (Å²) in [4.78, 5) is 17.8. The lowest BCUT2D eigenvalue weighted by Crippen LogP contribution is -2.29. The highest BCUT2D eigenvalue weighted by atomic mass is 35.5. The van der Waals surface area contributed by atoms with Crippen molar-refractivity contribution in [2.24, 2.45) is 0 Å². The number of carbonyl (C=O) groups is 1. The van der Waals surface area contributed by atoms with Gasteiger partial charge in [0.2, 0.25) is 0 Å². The molecule has 38 heavy (non-hydrogen) atoms. The maximum Gasteiger partial charge on any atom is 0.573 e. The van der Waals surface area contributed by atoms with Crippen LogP contribution in [0.5, 0.6) is 17.2 Å². The Labute approximate surface area is 227 Å². The number of alkyl halides is 3. The summed E-state index contributed by atoms with van der Waals surface area (Å²) in [6, 6.07) is 12.0. The molecule has 0 aliphatic rings. The molecule has 0 saturated heterocycles. The van der Waals surface area contributed by atoms with E-state index in [-0.39, 0.29) is 42.5 Å². The molecule has 1 heterocycles. The number of aromatic nitrogens is 1. The Balaban J connectivity index is 2.12. The summed E-state index contributed by atoms with van der Waals surface area (Å²) in [6.07, 6.45) is -2.94. The van der Waals surface area contributed by atoms with Crippen LogP contribution in [0.1, 0.15) is 27.9 Å². The van der Waals surface area contributed by atoms with Crippen LogP contribution in [-0.4, -0.2) is 49.7 Å². The fraction of sp³-hybridized carbons (Fsp3) is 0.280. The second-order valence-corrected chi connectivity index (χ2v) is 9.27. The number of pyridine rings is 1. The first-order valence-electron chi connectivity index (χ1n) is 11.2. The molecule has 0 radical (unpaired) electrons. The molecular formula is C25H25ClF3N3O5S. The Kier molecular flexibility index (Phi) is 10.5. The number of aliphatic hydroxyl groups is 1. The molecule has 2 N–H and O–H groups in total. The minimum absolute atomic E-state index is 0.0462. The molecular weight excluding hydrogens is 547 g/mol. The van der Waals surface area contributed by atoms with Crippen molar-refractivity contribution in [3.8, 4) is 17.2 Å². The van der Waals surface area contributed by atoms with E-state index in [0.29, 0.717) is 17.0 Å². The molecule has 8 nitrogen and oxygen atoms in total. The van der Waals surface area contributed by atoms with Gasteiger partial charge >= 0.3 is 6.36 Å². The number of amides is 1. The van der Waals surface area contributed by atoms with E-state index in [4.69, 9.17) is 25.6 Å². The topological polar surface area (TPSA) is 93.2 Å². The van der Waals surface area contributed by atoms with Crippen LogP contribution in [-0.2, 0) is 10.6 Å². The second kappa shape index (κ2) is 13.6. The minimum Gasteiger partial charge on any atom is -0.455 e.